The first-order chi connectivity index (χ1) is 14.8. The van der Waals surface area contributed by atoms with Gasteiger partial charge in [0.1, 0.15) is 0 Å². The molecular weight excluding hydrogens is 464 g/mol. The lowest BCUT2D eigenvalue weighted by Crippen LogP contribution is -2.51. The maximum absolute atomic E-state index is 12.7. The number of rotatable bonds is 8. The van der Waals surface area contributed by atoms with Gasteiger partial charge in [0, 0.05) is 43.1 Å². The first-order valence-electron chi connectivity index (χ1n) is 9.32. The van der Waals surface area contributed by atoms with Crippen LogP contribution in [0.25, 0.3) is 0 Å². The number of piperazine rings is 1. The van der Waals surface area contributed by atoms with Crippen LogP contribution in [0.2, 0.25) is 5.02 Å². The third-order valence-electron chi connectivity index (χ3n) is 4.48. The number of amides is 1. The number of carbonyl (C=O) groups excluding carboxylic acids is 2. The van der Waals surface area contributed by atoms with Crippen molar-refractivity contribution in [1.29, 1.82) is 0 Å². The second kappa shape index (κ2) is 10.2. The summed E-state index contributed by atoms with van der Waals surface area (Å²) in [6.07, 6.45) is 1.67. The predicted octanol–water partition coefficient (Wildman–Crippen LogP) is 2.08. The Balaban J connectivity index is 1.48. The second-order valence-electron chi connectivity index (χ2n) is 6.52. The van der Waals surface area contributed by atoms with Crippen LogP contribution in [0.5, 0.6) is 0 Å². The molecule has 166 valence electrons. The van der Waals surface area contributed by atoms with E-state index in [1.807, 2.05) is 0 Å². The summed E-state index contributed by atoms with van der Waals surface area (Å²) in [6.45, 7) is 4.37. The summed E-state index contributed by atoms with van der Waals surface area (Å²) in [4.78, 5) is 30.2. The van der Waals surface area contributed by atoms with Crippen LogP contribution >= 0.6 is 22.9 Å². The fourth-order valence-corrected chi connectivity index (χ4v) is 5.07. The Morgan fingerprint density at radius 1 is 1.23 bits per heavy atom. The van der Waals surface area contributed by atoms with Gasteiger partial charge in [0.25, 0.3) is 5.91 Å². The molecule has 0 unspecified atom stereocenters. The number of esters is 1. The fourth-order valence-electron chi connectivity index (χ4n) is 2.83. The van der Waals surface area contributed by atoms with E-state index in [9.17, 15) is 18.0 Å². The molecule has 0 bridgehead atoms. The number of aromatic nitrogens is 1. The highest BCUT2D eigenvalue weighted by atomic mass is 35.5. The standard InChI is InChI=1S/C19H21ClN4O5S2/c1-2-7-21-19-22-16(13-30-19)18(26)29-12-17(25)23-8-10-24(11-9-23)31(27,28)15-5-3-14(20)4-6-15/h2-6,13H,1,7-12H2,(H,21,22). The van der Waals surface area contributed by atoms with Crippen LogP contribution in [-0.2, 0) is 19.6 Å². The van der Waals surface area contributed by atoms with Gasteiger partial charge in [-0.3, -0.25) is 4.79 Å². The lowest BCUT2D eigenvalue weighted by Gasteiger charge is -2.33. The van der Waals surface area contributed by atoms with Gasteiger partial charge in [-0.2, -0.15) is 4.31 Å². The molecule has 12 heteroatoms. The van der Waals surface area contributed by atoms with Crippen molar-refractivity contribution in [3.8, 4) is 0 Å². The molecule has 3 rings (SSSR count). The lowest BCUT2D eigenvalue weighted by molar-refractivity contribution is -0.135. The van der Waals surface area contributed by atoms with Gasteiger partial charge in [-0.15, -0.1) is 17.9 Å². The molecule has 1 aromatic carbocycles. The first kappa shape index (κ1) is 23.2. The summed E-state index contributed by atoms with van der Waals surface area (Å²) in [5.41, 5.74) is 0.114. The van der Waals surface area contributed by atoms with Crippen molar-refractivity contribution < 1.29 is 22.7 Å². The Morgan fingerprint density at radius 3 is 2.55 bits per heavy atom. The van der Waals surface area contributed by atoms with Crippen LogP contribution in [0, 0.1) is 0 Å². The molecule has 1 aliphatic heterocycles. The molecule has 1 N–H and O–H groups in total. The summed E-state index contributed by atoms with van der Waals surface area (Å²) in [5, 5.41) is 5.51. The molecule has 1 aliphatic rings. The van der Waals surface area contributed by atoms with Gasteiger partial charge in [0.05, 0.1) is 4.90 Å². The Morgan fingerprint density at radius 2 is 1.90 bits per heavy atom. The van der Waals surface area contributed by atoms with E-state index in [1.165, 1.54) is 44.8 Å². The number of nitrogens with one attached hydrogen (secondary N) is 1. The highest BCUT2D eigenvalue weighted by Gasteiger charge is 2.30. The van der Waals surface area contributed by atoms with Crippen LogP contribution in [-0.4, -0.2) is 73.8 Å². The summed E-state index contributed by atoms with van der Waals surface area (Å²) in [7, 11) is -3.66. The maximum Gasteiger partial charge on any atom is 0.358 e. The van der Waals surface area contributed by atoms with E-state index >= 15 is 0 Å². The first-order valence-corrected chi connectivity index (χ1v) is 12.0. The molecule has 9 nitrogen and oxygen atoms in total. The highest BCUT2D eigenvalue weighted by Crippen LogP contribution is 2.20. The van der Waals surface area contributed by atoms with Crippen molar-refractivity contribution in [3.63, 3.8) is 0 Å². The molecule has 0 atom stereocenters. The van der Waals surface area contributed by atoms with Crippen molar-refractivity contribution in [3.05, 3.63) is 53.0 Å². The minimum Gasteiger partial charge on any atom is -0.451 e. The van der Waals surface area contributed by atoms with Gasteiger partial charge >= 0.3 is 5.97 Å². The van der Waals surface area contributed by atoms with Gasteiger partial charge in [0.2, 0.25) is 10.0 Å². The minimum absolute atomic E-state index is 0.114. The van der Waals surface area contributed by atoms with E-state index in [2.05, 4.69) is 16.9 Å². The number of carbonyl (C=O) groups is 2. The normalized spacial score (nSPS) is 14.8. The van der Waals surface area contributed by atoms with Crippen LogP contribution in [0.3, 0.4) is 0 Å². The fraction of sp³-hybridized carbons (Fsp3) is 0.316. The van der Waals surface area contributed by atoms with Crippen molar-refractivity contribution in [2.75, 3.05) is 44.6 Å². The molecule has 0 aliphatic carbocycles. The Bertz CT molecular complexity index is 1050. The topological polar surface area (TPSA) is 109 Å². The number of ether oxygens (including phenoxy) is 1. The van der Waals surface area contributed by atoms with E-state index in [0.717, 1.165) is 0 Å². The largest absolute Gasteiger partial charge is 0.451 e. The zero-order chi connectivity index (χ0) is 22.4. The summed E-state index contributed by atoms with van der Waals surface area (Å²) < 4.78 is 31.8. The molecule has 0 saturated carbocycles. The van der Waals surface area contributed by atoms with Gasteiger partial charge < -0.3 is 15.0 Å². The lowest BCUT2D eigenvalue weighted by atomic mass is 10.3. The molecular formula is C19H21ClN4O5S2. The van der Waals surface area contributed by atoms with Gasteiger partial charge in [-0.05, 0) is 24.3 Å². The van der Waals surface area contributed by atoms with Crippen LogP contribution in [0.4, 0.5) is 5.13 Å². The van der Waals surface area contributed by atoms with Gasteiger partial charge in [-0.1, -0.05) is 17.7 Å². The van der Waals surface area contributed by atoms with Crippen LogP contribution in [0.1, 0.15) is 10.5 Å². The predicted molar refractivity (Wildman–Crippen MR) is 118 cm³/mol. The van der Waals surface area contributed by atoms with Gasteiger partial charge in [-0.25, -0.2) is 18.2 Å². The number of halogens is 1. The van der Waals surface area contributed by atoms with E-state index in [-0.39, 0.29) is 36.8 Å². The zero-order valence-corrected chi connectivity index (χ0v) is 18.9. The van der Waals surface area contributed by atoms with Crippen molar-refractivity contribution in [2.45, 2.75) is 4.90 Å². The molecule has 2 heterocycles. The number of hydrogen-bond acceptors (Lipinski definition) is 8. The third-order valence-corrected chi connectivity index (χ3v) is 7.45. The molecule has 2 aromatic rings. The Kier molecular flexibility index (Phi) is 7.65. The minimum atomic E-state index is -3.66. The molecule has 31 heavy (non-hydrogen) atoms. The maximum atomic E-state index is 12.7. The average Bonchev–Trinajstić information content (AvgIpc) is 3.25. The number of sulfonamides is 1. The molecule has 1 aromatic heterocycles. The summed E-state index contributed by atoms with van der Waals surface area (Å²) in [5.74, 6) is -1.09. The number of benzene rings is 1. The molecule has 1 amide bonds. The van der Waals surface area contributed by atoms with Crippen LogP contribution < -0.4 is 5.32 Å². The van der Waals surface area contributed by atoms with Gasteiger partial charge in [0.15, 0.2) is 17.4 Å². The van der Waals surface area contributed by atoms with Crippen LogP contribution in [0.15, 0.2) is 47.2 Å². The Labute approximate surface area is 189 Å². The molecule has 0 spiro atoms. The second-order valence-corrected chi connectivity index (χ2v) is 9.75. The average molecular weight is 485 g/mol. The van der Waals surface area contributed by atoms with Crippen molar-refractivity contribution in [1.82, 2.24) is 14.2 Å². The van der Waals surface area contributed by atoms with E-state index in [4.69, 9.17) is 16.3 Å². The smallest absolute Gasteiger partial charge is 0.358 e. The van der Waals surface area contributed by atoms with E-state index < -0.39 is 28.5 Å². The summed E-state index contributed by atoms with van der Waals surface area (Å²) in [6, 6.07) is 5.93. The third kappa shape index (κ3) is 5.82. The molecule has 0 radical (unpaired) electrons. The highest BCUT2D eigenvalue weighted by molar-refractivity contribution is 7.89. The van der Waals surface area contributed by atoms with Crippen molar-refractivity contribution in [2.24, 2.45) is 0 Å². The summed E-state index contributed by atoms with van der Waals surface area (Å²) >= 11 is 7.06. The Hall–Kier alpha value is -2.47. The number of nitrogens with zero attached hydrogens (tertiary/aromatic N) is 3. The molecule has 1 saturated heterocycles. The monoisotopic (exact) mass is 484 g/mol. The quantitative estimate of drug-likeness (QED) is 0.451. The van der Waals surface area contributed by atoms with E-state index in [1.54, 1.807) is 11.5 Å². The SMILES string of the molecule is C=CCNc1nc(C(=O)OCC(=O)N2CCN(S(=O)(=O)c3ccc(Cl)cc3)CC2)cs1. The number of hydrogen-bond donors (Lipinski definition) is 1. The number of anilines is 1. The molecule has 1 fully saturated rings. The zero-order valence-electron chi connectivity index (χ0n) is 16.5. The van der Waals surface area contributed by atoms with Crippen molar-refractivity contribution >= 4 is 50.0 Å². The van der Waals surface area contributed by atoms with E-state index in [0.29, 0.717) is 16.7 Å². The number of thiazole rings is 1.